The van der Waals surface area contributed by atoms with Gasteiger partial charge in [-0.05, 0) is 53.9 Å². The average Bonchev–Trinajstić information content (AvgIpc) is 2.74. The van der Waals surface area contributed by atoms with Crippen LogP contribution in [0.4, 0.5) is 0 Å². The zero-order valence-corrected chi connectivity index (χ0v) is 17.4. The normalized spacial score (nSPS) is 15.6. The smallest absolute Gasteiger partial charge is 0.253 e. The van der Waals surface area contributed by atoms with E-state index in [2.05, 4.69) is 0 Å². The topological polar surface area (TPSA) is 57.7 Å². The molecule has 3 aromatic rings. The van der Waals surface area contributed by atoms with Gasteiger partial charge in [0, 0.05) is 31.7 Å². The van der Waals surface area contributed by atoms with E-state index < -0.39 is 10.0 Å². The molecule has 4 rings (SSSR count). The van der Waals surface area contributed by atoms with Crippen LogP contribution in [-0.4, -0.2) is 49.7 Å². The van der Waals surface area contributed by atoms with Gasteiger partial charge in [-0.15, -0.1) is 0 Å². The predicted molar refractivity (Wildman–Crippen MR) is 115 cm³/mol. The van der Waals surface area contributed by atoms with Crippen molar-refractivity contribution in [2.24, 2.45) is 0 Å². The summed E-state index contributed by atoms with van der Waals surface area (Å²) in [7, 11) is -3.56. The highest BCUT2D eigenvalue weighted by Gasteiger charge is 2.31. The molecule has 150 valence electrons. The molecule has 0 radical (unpaired) electrons. The molecule has 1 aliphatic heterocycles. The van der Waals surface area contributed by atoms with Crippen LogP contribution in [0.5, 0.6) is 0 Å². The van der Waals surface area contributed by atoms with Crippen LogP contribution < -0.4 is 0 Å². The molecule has 0 saturated carbocycles. The fourth-order valence-corrected chi connectivity index (χ4v) is 5.49. The molecule has 29 heavy (non-hydrogen) atoms. The van der Waals surface area contributed by atoms with Crippen molar-refractivity contribution in [2.45, 2.75) is 18.7 Å². The third-order valence-corrected chi connectivity index (χ3v) is 7.52. The maximum absolute atomic E-state index is 13.1. The van der Waals surface area contributed by atoms with Crippen molar-refractivity contribution in [3.05, 3.63) is 77.4 Å². The van der Waals surface area contributed by atoms with Gasteiger partial charge >= 0.3 is 0 Å². The van der Waals surface area contributed by atoms with Crippen LogP contribution in [-0.2, 0) is 10.0 Å². The first kappa shape index (κ1) is 19.6. The highest BCUT2D eigenvalue weighted by atomic mass is 32.2. The van der Waals surface area contributed by atoms with E-state index in [0.717, 1.165) is 21.9 Å². The van der Waals surface area contributed by atoms with E-state index in [1.165, 1.54) is 4.31 Å². The van der Waals surface area contributed by atoms with Gasteiger partial charge in [0.25, 0.3) is 5.91 Å². The first-order chi connectivity index (χ1) is 13.9. The largest absolute Gasteiger partial charge is 0.336 e. The molecule has 0 aromatic heterocycles. The van der Waals surface area contributed by atoms with Gasteiger partial charge in [0.1, 0.15) is 0 Å². The number of rotatable bonds is 3. The molecule has 0 atom stereocenters. The molecule has 0 unspecified atom stereocenters. The van der Waals surface area contributed by atoms with E-state index in [1.54, 1.807) is 11.0 Å². The van der Waals surface area contributed by atoms with Gasteiger partial charge in [0.05, 0.1) is 4.90 Å². The van der Waals surface area contributed by atoms with Crippen molar-refractivity contribution < 1.29 is 13.2 Å². The standard InChI is InChI=1S/C23H24N2O3S/c1-17-7-8-18(2)22(15-17)29(27,28)25-13-11-24(12-14-25)23(26)21-10-9-19-5-3-4-6-20(19)16-21/h3-10,15-16H,11-14H2,1-2H3. The zero-order chi connectivity index (χ0) is 20.6. The lowest BCUT2D eigenvalue weighted by atomic mass is 10.1. The van der Waals surface area contributed by atoms with Crippen LogP contribution in [0.2, 0.25) is 0 Å². The lowest BCUT2D eigenvalue weighted by Crippen LogP contribution is -2.50. The molecule has 5 nitrogen and oxygen atoms in total. The van der Waals surface area contributed by atoms with Gasteiger partial charge in [-0.2, -0.15) is 4.31 Å². The molecule has 6 heteroatoms. The Labute approximate surface area is 171 Å². The molecule has 0 spiro atoms. The van der Waals surface area contributed by atoms with Crippen molar-refractivity contribution in [3.8, 4) is 0 Å². The maximum atomic E-state index is 13.1. The van der Waals surface area contributed by atoms with Gasteiger partial charge in [-0.25, -0.2) is 8.42 Å². The molecule has 0 bridgehead atoms. The maximum Gasteiger partial charge on any atom is 0.253 e. The first-order valence-corrected chi connectivity index (χ1v) is 11.2. The van der Waals surface area contributed by atoms with Crippen LogP contribution in [0.1, 0.15) is 21.5 Å². The summed E-state index contributed by atoms with van der Waals surface area (Å²) in [5, 5.41) is 2.11. The number of piperazine rings is 1. The van der Waals surface area contributed by atoms with Crippen LogP contribution in [0.15, 0.2) is 65.6 Å². The number of aryl methyl sites for hydroxylation is 2. The average molecular weight is 409 g/mol. The quantitative estimate of drug-likeness (QED) is 0.665. The summed E-state index contributed by atoms with van der Waals surface area (Å²) in [4.78, 5) is 15.0. The number of fused-ring (bicyclic) bond motifs is 1. The highest BCUT2D eigenvalue weighted by Crippen LogP contribution is 2.23. The number of carbonyl (C=O) groups excluding carboxylic acids is 1. The summed E-state index contributed by atoms with van der Waals surface area (Å²) >= 11 is 0. The second kappa shape index (κ2) is 7.61. The Hall–Kier alpha value is -2.70. The monoisotopic (exact) mass is 408 g/mol. The number of hydrogen-bond acceptors (Lipinski definition) is 3. The highest BCUT2D eigenvalue weighted by molar-refractivity contribution is 7.89. The summed E-state index contributed by atoms with van der Waals surface area (Å²) < 4.78 is 27.6. The Bertz CT molecular complexity index is 1180. The van der Waals surface area contributed by atoms with Gasteiger partial charge in [0.2, 0.25) is 10.0 Å². The minimum Gasteiger partial charge on any atom is -0.336 e. The number of sulfonamides is 1. The van der Waals surface area contributed by atoms with Crippen LogP contribution in [0.3, 0.4) is 0 Å². The Balaban J connectivity index is 1.49. The molecule has 1 heterocycles. The summed E-state index contributed by atoms with van der Waals surface area (Å²) in [5.41, 5.74) is 2.29. The number of benzene rings is 3. The molecule has 1 saturated heterocycles. The van der Waals surface area contributed by atoms with E-state index in [1.807, 2.05) is 68.4 Å². The minimum absolute atomic E-state index is 0.0560. The molecule has 3 aromatic carbocycles. The molecule has 0 aliphatic carbocycles. The molecular weight excluding hydrogens is 384 g/mol. The van der Waals surface area contributed by atoms with Gasteiger partial charge in [-0.1, -0.05) is 42.5 Å². The molecule has 1 amide bonds. The van der Waals surface area contributed by atoms with Crippen LogP contribution in [0.25, 0.3) is 10.8 Å². The molecule has 1 aliphatic rings. The van der Waals surface area contributed by atoms with Crippen LogP contribution in [0, 0.1) is 13.8 Å². The number of hydrogen-bond donors (Lipinski definition) is 0. The first-order valence-electron chi connectivity index (χ1n) is 9.72. The fraction of sp³-hybridized carbons (Fsp3) is 0.261. The molecular formula is C23H24N2O3S. The van der Waals surface area contributed by atoms with Gasteiger partial charge < -0.3 is 4.90 Å². The summed E-state index contributed by atoms with van der Waals surface area (Å²) in [6, 6.07) is 19.1. The lowest BCUT2D eigenvalue weighted by Gasteiger charge is -2.34. The SMILES string of the molecule is Cc1ccc(C)c(S(=O)(=O)N2CCN(C(=O)c3ccc4ccccc4c3)CC2)c1. The van der Waals surface area contributed by atoms with E-state index >= 15 is 0 Å². The summed E-state index contributed by atoms with van der Waals surface area (Å²) in [6.45, 7) is 5.07. The van der Waals surface area contributed by atoms with Crippen molar-refractivity contribution in [1.82, 2.24) is 9.21 Å². The Morgan fingerprint density at radius 3 is 2.24 bits per heavy atom. The molecule has 1 fully saturated rings. The Kier molecular flexibility index (Phi) is 5.15. The summed E-state index contributed by atoms with van der Waals surface area (Å²) in [5.74, 6) is -0.0560. The van der Waals surface area contributed by atoms with Crippen molar-refractivity contribution in [1.29, 1.82) is 0 Å². The van der Waals surface area contributed by atoms with Gasteiger partial charge in [-0.3, -0.25) is 4.79 Å². The van der Waals surface area contributed by atoms with E-state index in [9.17, 15) is 13.2 Å². The molecule has 0 N–H and O–H groups in total. The lowest BCUT2D eigenvalue weighted by molar-refractivity contribution is 0.0698. The minimum atomic E-state index is -3.56. The number of nitrogens with zero attached hydrogens (tertiary/aromatic N) is 2. The van der Waals surface area contributed by atoms with Crippen LogP contribution >= 0.6 is 0 Å². The summed E-state index contributed by atoms with van der Waals surface area (Å²) in [6.07, 6.45) is 0. The second-order valence-corrected chi connectivity index (χ2v) is 9.43. The van der Waals surface area contributed by atoms with E-state index in [4.69, 9.17) is 0 Å². The number of amides is 1. The van der Waals surface area contributed by atoms with Crippen molar-refractivity contribution in [3.63, 3.8) is 0 Å². The van der Waals surface area contributed by atoms with Crippen molar-refractivity contribution >= 4 is 26.7 Å². The zero-order valence-electron chi connectivity index (χ0n) is 16.6. The van der Waals surface area contributed by atoms with E-state index in [-0.39, 0.29) is 5.91 Å². The van der Waals surface area contributed by atoms with Crippen molar-refractivity contribution in [2.75, 3.05) is 26.2 Å². The third kappa shape index (κ3) is 3.78. The predicted octanol–water partition coefficient (Wildman–Crippen LogP) is 3.60. The fourth-order valence-electron chi connectivity index (χ4n) is 3.76. The Morgan fingerprint density at radius 2 is 1.52 bits per heavy atom. The van der Waals surface area contributed by atoms with E-state index in [0.29, 0.717) is 36.6 Å². The number of carbonyl (C=O) groups is 1. The Morgan fingerprint density at radius 1 is 0.828 bits per heavy atom. The second-order valence-electron chi connectivity index (χ2n) is 7.53. The van der Waals surface area contributed by atoms with Gasteiger partial charge in [0.15, 0.2) is 0 Å². The third-order valence-electron chi connectivity index (χ3n) is 5.48.